The van der Waals surface area contributed by atoms with Gasteiger partial charge in [0.1, 0.15) is 23.7 Å². The maximum absolute atomic E-state index is 13.2. The van der Waals surface area contributed by atoms with Gasteiger partial charge >= 0.3 is 0 Å². The number of aromatic nitrogens is 2. The van der Waals surface area contributed by atoms with Crippen molar-refractivity contribution < 1.29 is 13.9 Å². The highest BCUT2D eigenvalue weighted by Gasteiger charge is 2.42. The molecule has 8 heteroatoms. The van der Waals surface area contributed by atoms with Crippen LogP contribution in [0.4, 0.5) is 10.1 Å². The lowest BCUT2D eigenvalue weighted by Crippen LogP contribution is -2.52. The molecule has 0 aliphatic carbocycles. The van der Waals surface area contributed by atoms with Crippen LogP contribution in [0.3, 0.4) is 0 Å². The molecule has 1 fully saturated rings. The first-order valence-electron chi connectivity index (χ1n) is 9.65. The molecule has 0 bridgehead atoms. The number of benzene rings is 2. The Morgan fingerprint density at radius 2 is 1.93 bits per heavy atom. The number of amides is 1. The van der Waals surface area contributed by atoms with Crippen LogP contribution in [-0.2, 0) is 16.9 Å². The van der Waals surface area contributed by atoms with Gasteiger partial charge in [-0.2, -0.15) is 5.10 Å². The van der Waals surface area contributed by atoms with Crippen molar-refractivity contribution in [2.75, 3.05) is 18.4 Å². The SMILES string of the molecule is Cl.O=C(Nc1cccc(OCc2ccc(F)cc2)c1)C1(n2cccn2)CCNCC1. The molecule has 1 saturated heterocycles. The van der Waals surface area contributed by atoms with E-state index in [-0.39, 0.29) is 24.1 Å². The maximum Gasteiger partial charge on any atom is 0.252 e. The molecule has 2 heterocycles. The third-order valence-corrected chi connectivity index (χ3v) is 5.21. The van der Waals surface area contributed by atoms with Crippen LogP contribution in [0.25, 0.3) is 0 Å². The Balaban J connectivity index is 0.00000256. The second kappa shape index (κ2) is 9.73. The first-order chi connectivity index (χ1) is 14.2. The summed E-state index contributed by atoms with van der Waals surface area (Å²) in [5.74, 6) is 0.270. The van der Waals surface area contributed by atoms with Gasteiger partial charge in [-0.05, 0) is 61.8 Å². The summed E-state index contributed by atoms with van der Waals surface area (Å²) in [6.07, 6.45) is 4.87. The zero-order valence-corrected chi connectivity index (χ0v) is 17.2. The minimum absolute atomic E-state index is 0. The van der Waals surface area contributed by atoms with Gasteiger partial charge in [0.2, 0.25) is 0 Å². The lowest BCUT2D eigenvalue weighted by molar-refractivity contribution is -0.126. The molecule has 1 aromatic heterocycles. The van der Waals surface area contributed by atoms with Crippen molar-refractivity contribution in [3.63, 3.8) is 0 Å². The fourth-order valence-corrected chi connectivity index (χ4v) is 3.58. The molecule has 0 saturated carbocycles. The predicted octanol–water partition coefficient (Wildman–Crippen LogP) is 3.74. The third-order valence-electron chi connectivity index (χ3n) is 5.21. The molecule has 0 spiro atoms. The summed E-state index contributed by atoms with van der Waals surface area (Å²) in [7, 11) is 0. The summed E-state index contributed by atoms with van der Waals surface area (Å²) >= 11 is 0. The van der Waals surface area contributed by atoms with E-state index in [0.717, 1.165) is 18.7 Å². The van der Waals surface area contributed by atoms with Crippen LogP contribution in [0.1, 0.15) is 18.4 Å². The molecule has 0 radical (unpaired) electrons. The number of piperidine rings is 1. The van der Waals surface area contributed by atoms with Crippen LogP contribution < -0.4 is 15.4 Å². The van der Waals surface area contributed by atoms with Crippen molar-refractivity contribution >= 4 is 24.0 Å². The third kappa shape index (κ3) is 4.80. The van der Waals surface area contributed by atoms with E-state index < -0.39 is 5.54 Å². The molecule has 2 N–H and O–H groups in total. The highest BCUT2D eigenvalue weighted by atomic mass is 35.5. The summed E-state index contributed by atoms with van der Waals surface area (Å²) < 4.78 is 20.6. The van der Waals surface area contributed by atoms with E-state index >= 15 is 0 Å². The molecule has 4 rings (SSSR count). The second-order valence-electron chi connectivity index (χ2n) is 7.13. The van der Waals surface area contributed by atoms with Crippen molar-refractivity contribution in [1.29, 1.82) is 0 Å². The lowest BCUT2D eigenvalue weighted by atomic mass is 9.87. The maximum atomic E-state index is 13.2. The molecule has 0 atom stereocenters. The largest absolute Gasteiger partial charge is 0.489 e. The number of carbonyl (C=O) groups is 1. The van der Waals surface area contributed by atoms with Crippen molar-refractivity contribution in [2.24, 2.45) is 0 Å². The van der Waals surface area contributed by atoms with E-state index in [1.54, 1.807) is 29.1 Å². The molecule has 158 valence electrons. The Hall–Kier alpha value is -2.90. The number of nitrogens with zero attached hydrogens (tertiary/aromatic N) is 2. The molecule has 1 aliphatic heterocycles. The van der Waals surface area contributed by atoms with Gasteiger partial charge in [0.25, 0.3) is 5.91 Å². The van der Waals surface area contributed by atoms with Crippen LogP contribution in [0, 0.1) is 5.82 Å². The second-order valence-corrected chi connectivity index (χ2v) is 7.13. The molecule has 1 amide bonds. The summed E-state index contributed by atoms with van der Waals surface area (Å²) in [4.78, 5) is 13.2. The Bertz CT molecular complexity index is 958. The Labute approximate surface area is 180 Å². The summed E-state index contributed by atoms with van der Waals surface area (Å²) in [5.41, 5.74) is 0.824. The van der Waals surface area contributed by atoms with E-state index in [0.29, 0.717) is 30.9 Å². The number of anilines is 1. The first kappa shape index (κ1) is 21.8. The topological polar surface area (TPSA) is 68.2 Å². The summed E-state index contributed by atoms with van der Waals surface area (Å²) in [5, 5.41) is 10.7. The first-order valence-corrected chi connectivity index (χ1v) is 9.65. The van der Waals surface area contributed by atoms with Crippen molar-refractivity contribution in [2.45, 2.75) is 25.0 Å². The quantitative estimate of drug-likeness (QED) is 0.625. The molecular weight excluding hydrogens is 407 g/mol. The van der Waals surface area contributed by atoms with Crippen molar-refractivity contribution in [3.05, 3.63) is 78.4 Å². The highest BCUT2D eigenvalue weighted by Crippen LogP contribution is 2.29. The van der Waals surface area contributed by atoms with Gasteiger partial charge in [-0.1, -0.05) is 18.2 Å². The molecule has 6 nitrogen and oxygen atoms in total. The molecule has 1 aliphatic rings. The van der Waals surface area contributed by atoms with E-state index in [9.17, 15) is 9.18 Å². The Morgan fingerprint density at radius 1 is 1.17 bits per heavy atom. The van der Waals surface area contributed by atoms with E-state index in [4.69, 9.17) is 4.74 Å². The molecule has 2 aromatic carbocycles. The standard InChI is InChI=1S/C22H23FN4O2.ClH/c23-18-7-5-17(6-8-18)16-29-20-4-1-3-19(15-20)26-21(28)22(9-12-24-13-10-22)27-14-2-11-25-27;/h1-8,11,14-15,24H,9-10,12-13,16H2,(H,26,28);1H. The molecule has 30 heavy (non-hydrogen) atoms. The number of rotatable bonds is 6. The number of halogens is 2. The monoisotopic (exact) mass is 430 g/mol. The smallest absolute Gasteiger partial charge is 0.252 e. The predicted molar refractivity (Wildman–Crippen MR) is 115 cm³/mol. The minimum atomic E-state index is -0.709. The highest BCUT2D eigenvalue weighted by molar-refractivity contribution is 5.96. The van der Waals surface area contributed by atoms with Gasteiger partial charge in [0, 0.05) is 24.1 Å². The number of ether oxygens (including phenoxy) is 1. The molecular formula is C22H24ClFN4O2. The lowest BCUT2D eigenvalue weighted by Gasteiger charge is -2.36. The van der Waals surface area contributed by atoms with Gasteiger partial charge in [0.15, 0.2) is 0 Å². The Kier molecular flexibility index (Phi) is 7.07. The van der Waals surface area contributed by atoms with Crippen LogP contribution in [-0.4, -0.2) is 28.8 Å². The molecule has 0 unspecified atom stereocenters. The van der Waals surface area contributed by atoms with Crippen LogP contribution in [0.5, 0.6) is 5.75 Å². The van der Waals surface area contributed by atoms with Crippen LogP contribution >= 0.6 is 12.4 Å². The average Bonchev–Trinajstić information content (AvgIpc) is 3.30. The zero-order chi connectivity index (χ0) is 20.1. The van der Waals surface area contributed by atoms with E-state index in [1.807, 2.05) is 30.5 Å². The average molecular weight is 431 g/mol. The molecule has 3 aromatic rings. The summed E-state index contributed by atoms with van der Waals surface area (Å²) in [6, 6.07) is 15.3. The number of nitrogens with one attached hydrogen (secondary N) is 2. The Morgan fingerprint density at radius 3 is 2.63 bits per heavy atom. The van der Waals surface area contributed by atoms with Crippen LogP contribution in [0.15, 0.2) is 67.0 Å². The van der Waals surface area contributed by atoms with Gasteiger partial charge in [-0.3, -0.25) is 9.48 Å². The normalized spacial score (nSPS) is 15.1. The fourth-order valence-electron chi connectivity index (χ4n) is 3.58. The van der Waals surface area contributed by atoms with Crippen molar-refractivity contribution in [1.82, 2.24) is 15.1 Å². The number of hydrogen-bond acceptors (Lipinski definition) is 4. The van der Waals surface area contributed by atoms with Gasteiger partial charge in [0.05, 0.1) is 0 Å². The van der Waals surface area contributed by atoms with Gasteiger partial charge in [-0.25, -0.2) is 4.39 Å². The number of carbonyl (C=O) groups excluding carboxylic acids is 1. The van der Waals surface area contributed by atoms with Crippen molar-refractivity contribution in [3.8, 4) is 5.75 Å². The van der Waals surface area contributed by atoms with E-state index in [1.165, 1.54) is 12.1 Å². The van der Waals surface area contributed by atoms with Gasteiger partial charge < -0.3 is 15.4 Å². The minimum Gasteiger partial charge on any atom is -0.489 e. The van der Waals surface area contributed by atoms with Crippen LogP contribution in [0.2, 0.25) is 0 Å². The zero-order valence-electron chi connectivity index (χ0n) is 16.4. The van der Waals surface area contributed by atoms with Gasteiger partial charge in [-0.15, -0.1) is 12.4 Å². The summed E-state index contributed by atoms with van der Waals surface area (Å²) in [6.45, 7) is 1.84. The fraction of sp³-hybridized carbons (Fsp3) is 0.273. The number of hydrogen-bond donors (Lipinski definition) is 2. The van der Waals surface area contributed by atoms with E-state index in [2.05, 4.69) is 15.7 Å².